The second-order valence-corrected chi connectivity index (χ2v) is 37.9. The lowest BCUT2D eigenvalue weighted by Crippen LogP contribution is -2.75. The lowest BCUT2D eigenvalue weighted by molar-refractivity contribution is 0.590. The summed E-state index contributed by atoms with van der Waals surface area (Å²) in [6.07, 6.45) is 0. The van der Waals surface area contributed by atoms with Crippen LogP contribution in [0.25, 0.3) is 49.7 Å². The average molecular weight is 1370 g/mol. The molecule has 0 bridgehead atoms. The molecule has 0 spiro atoms. The summed E-state index contributed by atoms with van der Waals surface area (Å²) in [7, 11) is -6.36. The van der Waals surface area contributed by atoms with Gasteiger partial charge < -0.3 is 14.4 Å². The van der Waals surface area contributed by atoms with Gasteiger partial charge >= 0.3 is 0 Å². The van der Waals surface area contributed by atoms with Crippen molar-refractivity contribution in [2.24, 2.45) is 0 Å². The van der Waals surface area contributed by atoms with Gasteiger partial charge in [-0.05, 0) is 152 Å². The maximum Gasteiger partial charge on any atom is 0.252 e. The molecule has 0 radical (unpaired) electrons. The number of aromatic nitrogens is 1. The third kappa shape index (κ3) is 10.4. The van der Waals surface area contributed by atoms with E-state index in [1.54, 1.807) is 0 Å². The molecule has 0 aliphatic carbocycles. The summed E-state index contributed by atoms with van der Waals surface area (Å²) in [5.41, 5.74) is 20.9. The topological polar surface area (TPSA) is 11.4 Å². The fourth-order valence-electron chi connectivity index (χ4n) is 17.5. The summed E-state index contributed by atoms with van der Waals surface area (Å²) in [6.45, 7) is 13.8. The van der Waals surface area contributed by atoms with Crippen LogP contribution in [0.15, 0.2) is 376 Å². The van der Waals surface area contributed by atoms with Gasteiger partial charge in [-0.25, -0.2) is 0 Å². The van der Waals surface area contributed by atoms with Crippen LogP contribution in [0.5, 0.6) is 0 Å². The molecule has 0 saturated heterocycles. The molecule has 104 heavy (non-hydrogen) atoms. The first-order chi connectivity index (χ1) is 50.9. The number of nitrogens with zero attached hydrogens (tertiary/aromatic N) is 3. The minimum Gasteiger partial charge on any atom is -0.311 e. The summed E-state index contributed by atoms with van der Waals surface area (Å²) < 4.78 is 2.56. The number of hydrogen-bond donors (Lipinski definition) is 0. The zero-order chi connectivity index (χ0) is 70.3. The van der Waals surface area contributed by atoms with E-state index in [1.165, 1.54) is 90.9 Å². The second-order valence-electron chi connectivity index (χ2n) is 30.3. The number of fused-ring (bicyclic) bond motifs is 7. The van der Waals surface area contributed by atoms with Gasteiger partial charge in [0.1, 0.15) is 0 Å². The Bertz CT molecular complexity index is 5320. The molecule has 3 heterocycles. The van der Waals surface area contributed by atoms with Crippen molar-refractivity contribution >= 4 is 137 Å². The smallest absolute Gasteiger partial charge is 0.252 e. The zero-order valence-corrected chi connectivity index (χ0v) is 61.7. The maximum absolute atomic E-state index is 3.18. The van der Waals surface area contributed by atoms with Crippen molar-refractivity contribution in [3.05, 3.63) is 387 Å². The Labute approximate surface area is 614 Å². The van der Waals surface area contributed by atoms with Crippen molar-refractivity contribution in [1.29, 1.82) is 0 Å². The van der Waals surface area contributed by atoms with Crippen LogP contribution in [0.1, 0.15) is 52.7 Å². The van der Waals surface area contributed by atoms with Crippen molar-refractivity contribution in [3.63, 3.8) is 0 Å². The standard InChI is InChI=1S/C98H80BN3Si2/c1-97(2,3)71-55-61-90(84(63-71)69-35-15-7-16-36-69)101-92-67-80(103(74-39-19-9-20-40-74,75-41-21-10-22-42-75)76-43-23-11-24-44-76)57-59-86(92)99-87-60-58-81(104(77-45-25-12-26-46-77,78-47-27-13-28-48-78)79-49-29-14-30-50-79)68-93(87)102(91-62-56-72(98(4,5)6)64-85(91)70-37-17-8-18-38-70)95-66-73(65-94(101)96(95)99)100-88-53-33-31-51-82(88)83-52-32-34-54-89(83)100/h7-68H,1-6H3. The van der Waals surface area contributed by atoms with Crippen LogP contribution in [0.4, 0.5) is 34.1 Å². The third-order valence-electron chi connectivity index (χ3n) is 22.4. The van der Waals surface area contributed by atoms with E-state index >= 15 is 0 Å². The Hall–Kier alpha value is -11.8. The Kier molecular flexibility index (Phi) is 15.8. The Morgan fingerprint density at radius 3 is 0.865 bits per heavy atom. The van der Waals surface area contributed by atoms with Gasteiger partial charge in [0.05, 0.1) is 28.1 Å². The van der Waals surface area contributed by atoms with Gasteiger partial charge in [0.15, 0.2) is 16.1 Å². The molecule has 6 heteroatoms. The van der Waals surface area contributed by atoms with Gasteiger partial charge in [0, 0.05) is 44.6 Å². The van der Waals surface area contributed by atoms with Crippen LogP contribution in [0.3, 0.4) is 0 Å². The molecule has 3 nitrogen and oxygen atoms in total. The van der Waals surface area contributed by atoms with Gasteiger partial charge in [-0.1, -0.05) is 357 Å². The fraction of sp³-hybridized carbons (Fsp3) is 0.0816. The van der Waals surface area contributed by atoms with E-state index in [0.717, 1.165) is 62.0 Å². The molecule has 15 aromatic carbocycles. The molecule has 0 fully saturated rings. The van der Waals surface area contributed by atoms with Crippen molar-refractivity contribution in [1.82, 2.24) is 4.57 Å². The summed E-state index contributed by atoms with van der Waals surface area (Å²) in [6, 6.07) is 145. The number of hydrogen-bond acceptors (Lipinski definition) is 2. The van der Waals surface area contributed by atoms with Crippen LogP contribution in [0.2, 0.25) is 0 Å². The highest BCUT2D eigenvalue weighted by molar-refractivity contribution is 7.20. The van der Waals surface area contributed by atoms with Gasteiger partial charge in [-0.2, -0.15) is 0 Å². The first kappa shape index (κ1) is 64.3. The van der Waals surface area contributed by atoms with E-state index in [1.807, 2.05) is 0 Å². The molecule has 0 saturated carbocycles. The predicted molar refractivity (Wildman–Crippen MR) is 450 cm³/mol. The molecule has 2 aliphatic rings. The molecule has 16 aromatic rings. The minimum atomic E-state index is -3.18. The predicted octanol–water partition coefficient (Wildman–Crippen LogP) is 17.6. The number of benzene rings is 15. The highest BCUT2D eigenvalue weighted by Crippen LogP contribution is 2.51. The maximum atomic E-state index is 2.72. The quantitative estimate of drug-likeness (QED) is 0.0842. The first-order valence-corrected chi connectivity index (χ1v) is 40.7. The molecule has 18 rings (SSSR count). The summed E-state index contributed by atoms with van der Waals surface area (Å²) in [5.74, 6) is 0. The zero-order valence-electron chi connectivity index (χ0n) is 59.7. The van der Waals surface area contributed by atoms with Gasteiger partial charge in [0.25, 0.3) is 6.71 Å². The molecule has 498 valence electrons. The highest BCUT2D eigenvalue weighted by atomic mass is 28.3. The molecule has 2 aliphatic heterocycles. The van der Waals surface area contributed by atoms with Crippen molar-refractivity contribution in [2.45, 2.75) is 52.4 Å². The fourth-order valence-corrected chi connectivity index (χ4v) is 27.0. The number of rotatable bonds is 13. The molecular formula is C98H80BN3Si2. The largest absolute Gasteiger partial charge is 0.311 e. The summed E-state index contributed by atoms with van der Waals surface area (Å²) in [4.78, 5) is 5.44. The van der Waals surface area contributed by atoms with Crippen LogP contribution in [0, 0.1) is 0 Å². The van der Waals surface area contributed by atoms with Crippen molar-refractivity contribution in [2.75, 3.05) is 9.80 Å². The molecule has 1 aromatic heterocycles. The molecule has 0 amide bonds. The van der Waals surface area contributed by atoms with Gasteiger partial charge in [-0.3, -0.25) is 0 Å². The van der Waals surface area contributed by atoms with E-state index in [-0.39, 0.29) is 17.5 Å². The van der Waals surface area contributed by atoms with Gasteiger partial charge in [-0.15, -0.1) is 0 Å². The van der Waals surface area contributed by atoms with E-state index in [2.05, 4.69) is 432 Å². The SMILES string of the molecule is CC(C)(C)c1ccc(N2c3cc([Si](c4ccccc4)(c4ccccc4)c4ccccc4)ccc3B3c4ccc([Si](c5ccccc5)(c5ccccc5)c5ccccc5)cc4N(c4ccc(C(C)(C)C)cc4-c4ccccc4)c4cc(-n5c6ccccc6c6ccccc65)cc2c43)c(-c2ccccc2)c1. The van der Waals surface area contributed by atoms with Crippen LogP contribution >= 0.6 is 0 Å². The lowest BCUT2D eigenvalue weighted by atomic mass is 9.33. The Balaban J connectivity index is 1.05. The van der Waals surface area contributed by atoms with Crippen LogP contribution in [-0.4, -0.2) is 27.4 Å². The highest BCUT2D eigenvalue weighted by Gasteiger charge is 2.49. The third-order valence-corrected chi connectivity index (χ3v) is 31.9. The van der Waals surface area contributed by atoms with Crippen LogP contribution in [-0.2, 0) is 10.8 Å². The molecule has 0 N–H and O–H groups in total. The number of anilines is 6. The van der Waals surface area contributed by atoms with Gasteiger partial charge in [0.2, 0.25) is 0 Å². The molecule has 0 atom stereocenters. The Morgan fingerprint density at radius 1 is 0.250 bits per heavy atom. The lowest BCUT2D eigenvalue weighted by Gasteiger charge is -2.46. The summed E-state index contributed by atoms with van der Waals surface area (Å²) >= 11 is 0. The van der Waals surface area contributed by atoms with Crippen molar-refractivity contribution < 1.29 is 0 Å². The minimum absolute atomic E-state index is 0.147. The summed E-state index contributed by atoms with van der Waals surface area (Å²) in [5, 5.41) is 13.0. The number of para-hydroxylation sites is 2. The monoisotopic (exact) mass is 1370 g/mol. The van der Waals surface area contributed by atoms with E-state index in [4.69, 9.17) is 0 Å². The van der Waals surface area contributed by atoms with E-state index in [0.29, 0.717) is 0 Å². The van der Waals surface area contributed by atoms with E-state index in [9.17, 15) is 0 Å². The Morgan fingerprint density at radius 2 is 0.548 bits per heavy atom. The van der Waals surface area contributed by atoms with E-state index < -0.39 is 16.1 Å². The normalized spacial score (nSPS) is 12.8. The average Bonchev–Trinajstić information content (AvgIpc) is 0.767. The molecule has 0 unspecified atom stereocenters. The molecular weight excluding hydrogens is 1290 g/mol. The first-order valence-electron chi connectivity index (χ1n) is 36.7. The second kappa shape index (κ2) is 25.6. The van der Waals surface area contributed by atoms with Crippen LogP contribution < -0.4 is 67.7 Å². The van der Waals surface area contributed by atoms with Crippen molar-refractivity contribution in [3.8, 4) is 27.9 Å².